The van der Waals surface area contributed by atoms with Crippen LogP contribution in [0.25, 0.3) is 0 Å². The number of hydrogen-bond donors (Lipinski definition) is 1. The van der Waals surface area contributed by atoms with Gasteiger partial charge >= 0.3 is 0 Å². The Bertz CT molecular complexity index is 570. The van der Waals surface area contributed by atoms with Gasteiger partial charge in [0.15, 0.2) is 0 Å². The lowest BCUT2D eigenvalue weighted by molar-refractivity contribution is 0.571. The minimum absolute atomic E-state index is 0.497. The minimum atomic E-state index is -0.554. The van der Waals surface area contributed by atoms with Crippen molar-refractivity contribution < 1.29 is 8.78 Å². The second kappa shape index (κ2) is 5.69. The molecule has 0 aliphatic heterocycles. The molecular weight excluding hydrogens is 246 g/mol. The third kappa shape index (κ3) is 3.22. The summed E-state index contributed by atoms with van der Waals surface area (Å²) in [6.45, 7) is 0.608. The predicted molar refractivity (Wildman–Crippen MR) is 74.2 cm³/mol. The molecule has 19 heavy (non-hydrogen) atoms. The molecule has 0 bridgehead atoms. The first-order valence-electron chi connectivity index (χ1n) is 6.07. The Balaban J connectivity index is 2.04. The zero-order chi connectivity index (χ0) is 13.8. The van der Waals surface area contributed by atoms with Gasteiger partial charge in [-0.05, 0) is 30.2 Å². The first-order chi connectivity index (χ1) is 9.08. The van der Waals surface area contributed by atoms with Crippen LogP contribution >= 0.6 is 0 Å². The molecule has 0 saturated heterocycles. The highest BCUT2D eigenvalue weighted by molar-refractivity contribution is 5.66. The van der Waals surface area contributed by atoms with Gasteiger partial charge in [-0.3, -0.25) is 0 Å². The summed E-state index contributed by atoms with van der Waals surface area (Å²) in [4.78, 5) is 1.96. The standard InChI is InChI=1S/C15H16F2N2/c1-19(15-5-3-2-4-14(15)18)9-8-11-6-7-12(16)10-13(11)17/h2-7,10H,8-9,18H2,1H3. The van der Waals surface area contributed by atoms with Crippen LogP contribution in [-0.2, 0) is 6.42 Å². The van der Waals surface area contributed by atoms with Crippen LogP contribution in [0.4, 0.5) is 20.2 Å². The molecule has 2 aromatic rings. The summed E-state index contributed by atoms with van der Waals surface area (Å²) in [5.41, 5.74) is 7.97. The molecule has 0 unspecified atom stereocenters. The van der Waals surface area contributed by atoms with Crippen LogP contribution in [0.3, 0.4) is 0 Å². The lowest BCUT2D eigenvalue weighted by Gasteiger charge is -2.21. The molecule has 2 N–H and O–H groups in total. The van der Waals surface area contributed by atoms with Gasteiger partial charge in [0.2, 0.25) is 0 Å². The van der Waals surface area contributed by atoms with Crippen LogP contribution in [0, 0.1) is 11.6 Å². The van der Waals surface area contributed by atoms with Crippen molar-refractivity contribution in [2.45, 2.75) is 6.42 Å². The van der Waals surface area contributed by atoms with E-state index in [0.29, 0.717) is 24.2 Å². The van der Waals surface area contributed by atoms with Gasteiger partial charge in [0.1, 0.15) is 11.6 Å². The number of anilines is 2. The Morgan fingerprint density at radius 3 is 2.53 bits per heavy atom. The number of benzene rings is 2. The SMILES string of the molecule is CN(CCc1ccc(F)cc1F)c1ccccc1N. The van der Waals surface area contributed by atoms with Gasteiger partial charge in [0.25, 0.3) is 0 Å². The molecule has 0 fully saturated rings. The maximum atomic E-state index is 13.5. The number of nitrogens with two attached hydrogens (primary N) is 1. The van der Waals surface area contributed by atoms with Crippen molar-refractivity contribution in [2.75, 3.05) is 24.2 Å². The molecule has 100 valence electrons. The topological polar surface area (TPSA) is 29.3 Å². The Kier molecular flexibility index (Phi) is 4.00. The minimum Gasteiger partial charge on any atom is -0.397 e. The molecular formula is C15H16F2N2. The third-order valence-electron chi connectivity index (χ3n) is 3.08. The highest BCUT2D eigenvalue weighted by Gasteiger charge is 2.07. The highest BCUT2D eigenvalue weighted by atomic mass is 19.1. The third-order valence-corrected chi connectivity index (χ3v) is 3.08. The number of halogens is 2. The largest absolute Gasteiger partial charge is 0.397 e. The van der Waals surface area contributed by atoms with E-state index in [2.05, 4.69) is 0 Å². The van der Waals surface area contributed by atoms with Gasteiger partial charge in [-0.15, -0.1) is 0 Å². The van der Waals surface area contributed by atoms with Crippen molar-refractivity contribution in [2.24, 2.45) is 0 Å². The lowest BCUT2D eigenvalue weighted by atomic mass is 10.1. The molecule has 2 rings (SSSR count). The molecule has 0 spiro atoms. The summed E-state index contributed by atoms with van der Waals surface area (Å²) >= 11 is 0. The molecule has 0 heterocycles. The summed E-state index contributed by atoms with van der Waals surface area (Å²) in [6, 6.07) is 11.2. The van der Waals surface area contributed by atoms with Crippen molar-refractivity contribution >= 4 is 11.4 Å². The van der Waals surface area contributed by atoms with E-state index in [9.17, 15) is 8.78 Å². The molecule has 4 heteroatoms. The molecule has 2 nitrogen and oxygen atoms in total. The summed E-state index contributed by atoms with van der Waals surface area (Å²) in [7, 11) is 1.90. The molecule has 0 radical (unpaired) electrons. The Morgan fingerprint density at radius 2 is 1.84 bits per heavy atom. The molecule has 0 aliphatic rings. The Hall–Kier alpha value is -2.10. The molecule has 2 aromatic carbocycles. The van der Waals surface area contributed by atoms with Crippen LogP contribution in [0.15, 0.2) is 42.5 Å². The zero-order valence-corrected chi connectivity index (χ0v) is 10.7. The van der Waals surface area contributed by atoms with Gasteiger partial charge in [0.05, 0.1) is 11.4 Å². The molecule has 0 saturated carbocycles. The fourth-order valence-electron chi connectivity index (χ4n) is 1.97. The van der Waals surface area contributed by atoms with Crippen molar-refractivity contribution in [3.05, 3.63) is 59.7 Å². The number of hydrogen-bond acceptors (Lipinski definition) is 2. The summed E-state index contributed by atoms with van der Waals surface area (Å²) < 4.78 is 26.3. The van der Waals surface area contributed by atoms with Crippen LogP contribution in [0.5, 0.6) is 0 Å². The van der Waals surface area contributed by atoms with Crippen molar-refractivity contribution in [3.8, 4) is 0 Å². The molecule has 0 atom stereocenters. The number of nitrogen functional groups attached to an aromatic ring is 1. The fourth-order valence-corrected chi connectivity index (χ4v) is 1.97. The second-order valence-electron chi connectivity index (χ2n) is 4.47. The van der Waals surface area contributed by atoms with Gasteiger partial charge in [-0.25, -0.2) is 8.78 Å². The average molecular weight is 262 g/mol. The van der Waals surface area contributed by atoms with Gasteiger partial charge in [-0.1, -0.05) is 18.2 Å². The number of likely N-dealkylation sites (N-methyl/N-ethyl adjacent to an activating group) is 1. The molecule has 0 amide bonds. The number of para-hydroxylation sites is 2. The van der Waals surface area contributed by atoms with Crippen molar-refractivity contribution in [1.29, 1.82) is 0 Å². The van der Waals surface area contributed by atoms with E-state index >= 15 is 0 Å². The molecule has 0 aliphatic carbocycles. The predicted octanol–water partition coefficient (Wildman–Crippen LogP) is 3.23. The van der Waals surface area contributed by atoms with E-state index < -0.39 is 11.6 Å². The normalized spacial score (nSPS) is 10.5. The van der Waals surface area contributed by atoms with Crippen LogP contribution in [-0.4, -0.2) is 13.6 Å². The lowest BCUT2D eigenvalue weighted by Crippen LogP contribution is -2.21. The van der Waals surface area contributed by atoms with E-state index in [1.54, 1.807) is 0 Å². The van der Waals surface area contributed by atoms with Gasteiger partial charge < -0.3 is 10.6 Å². The first kappa shape index (κ1) is 13.3. The summed E-state index contributed by atoms with van der Waals surface area (Å²) in [5, 5.41) is 0. The molecule has 0 aromatic heterocycles. The Labute approximate surface area is 111 Å². The fraction of sp³-hybridized carbons (Fsp3) is 0.200. The van der Waals surface area contributed by atoms with Crippen LogP contribution in [0.1, 0.15) is 5.56 Å². The van der Waals surface area contributed by atoms with E-state index in [4.69, 9.17) is 5.73 Å². The van der Waals surface area contributed by atoms with Crippen LogP contribution < -0.4 is 10.6 Å². The van der Waals surface area contributed by atoms with E-state index in [1.165, 1.54) is 12.1 Å². The van der Waals surface area contributed by atoms with Crippen LogP contribution in [0.2, 0.25) is 0 Å². The highest BCUT2D eigenvalue weighted by Crippen LogP contribution is 2.21. The smallest absolute Gasteiger partial charge is 0.129 e. The maximum absolute atomic E-state index is 13.5. The zero-order valence-electron chi connectivity index (χ0n) is 10.7. The van der Waals surface area contributed by atoms with Gasteiger partial charge in [0, 0.05) is 19.7 Å². The first-order valence-corrected chi connectivity index (χ1v) is 6.07. The monoisotopic (exact) mass is 262 g/mol. The quantitative estimate of drug-likeness (QED) is 0.857. The average Bonchev–Trinajstić information content (AvgIpc) is 2.38. The summed E-state index contributed by atoms with van der Waals surface area (Å²) in [6.07, 6.45) is 0.497. The number of nitrogens with zero attached hydrogens (tertiary/aromatic N) is 1. The van der Waals surface area contributed by atoms with Crippen molar-refractivity contribution in [1.82, 2.24) is 0 Å². The maximum Gasteiger partial charge on any atom is 0.129 e. The number of rotatable bonds is 4. The second-order valence-corrected chi connectivity index (χ2v) is 4.47. The Morgan fingerprint density at radius 1 is 1.11 bits per heavy atom. The van der Waals surface area contributed by atoms with E-state index in [0.717, 1.165) is 11.8 Å². The summed E-state index contributed by atoms with van der Waals surface area (Å²) in [5.74, 6) is -1.06. The van der Waals surface area contributed by atoms with E-state index in [1.807, 2.05) is 36.2 Å². The van der Waals surface area contributed by atoms with E-state index in [-0.39, 0.29) is 0 Å². The van der Waals surface area contributed by atoms with Gasteiger partial charge in [-0.2, -0.15) is 0 Å². The van der Waals surface area contributed by atoms with Crippen molar-refractivity contribution in [3.63, 3.8) is 0 Å².